The van der Waals surface area contributed by atoms with Gasteiger partial charge in [-0.2, -0.15) is 0 Å². The molecular weight excluding hydrogens is 262 g/mol. The molecule has 0 heterocycles. The average Bonchev–Trinajstić information content (AvgIpc) is 2.30. The molecule has 0 saturated heterocycles. The number of nitrogens with two attached hydrogens (primary N) is 1. The molecule has 0 aliphatic heterocycles. The quantitative estimate of drug-likeness (QED) is 0.816. The van der Waals surface area contributed by atoms with Crippen molar-refractivity contribution < 1.29 is 13.7 Å². The molecular formula is C14H23NO3S. The van der Waals surface area contributed by atoms with Gasteiger partial charge < -0.3 is 15.2 Å². The van der Waals surface area contributed by atoms with Gasteiger partial charge in [0.2, 0.25) is 0 Å². The zero-order chi connectivity index (χ0) is 14.5. The van der Waals surface area contributed by atoms with Crippen molar-refractivity contribution in [2.24, 2.45) is 0 Å². The van der Waals surface area contributed by atoms with Crippen LogP contribution in [-0.2, 0) is 15.5 Å². The van der Waals surface area contributed by atoms with E-state index in [0.29, 0.717) is 35.3 Å². The predicted molar refractivity (Wildman–Crippen MR) is 79.0 cm³/mol. The molecule has 5 heteroatoms. The van der Waals surface area contributed by atoms with Gasteiger partial charge >= 0.3 is 0 Å². The second kappa shape index (κ2) is 6.91. The number of anilines is 1. The first-order chi connectivity index (χ1) is 8.83. The Balaban J connectivity index is 2.68. The molecule has 0 bridgehead atoms. The van der Waals surface area contributed by atoms with Gasteiger partial charge in [-0.15, -0.1) is 0 Å². The molecule has 1 rings (SSSR count). The molecule has 19 heavy (non-hydrogen) atoms. The van der Waals surface area contributed by atoms with E-state index in [1.54, 1.807) is 18.2 Å². The molecule has 1 aromatic rings. The maximum absolute atomic E-state index is 12.2. The van der Waals surface area contributed by atoms with Crippen LogP contribution in [0.1, 0.15) is 27.7 Å². The van der Waals surface area contributed by atoms with E-state index in [0.717, 1.165) is 0 Å². The molecule has 1 atom stereocenters. The SMILES string of the molecule is CCOc1ccc(N)c(S(=O)CCOC(C)(C)C)c1. The fourth-order valence-electron chi connectivity index (χ4n) is 1.50. The van der Waals surface area contributed by atoms with Crippen LogP contribution in [0.3, 0.4) is 0 Å². The van der Waals surface area contributed by atoms with Crippen LogP contribution in [0.25, 0.3) is 0 Å². The van der Waals surface area contributed by atoms with Gasteiger partial charge in [-0.25, -0.2) is 0 Å². The minimum Gasteiger partial charge on any atom is -0.494 e. The summed E-state index contributed by atoms with van der Waals surface area (Å²) in [6, 6.07) is 5.25. The first-order valence-electron chi connectivity index (χ1n) is 6.38. The van der Waals surface area contributed by atoms with Crippen LogP contribution in [0.15, 0.2) is 23.1 Å². The van der Waals surface area contributed by atoms with Crippen LogP contribution in [0, 0.1) is 0 Å². The molecule has 0 radical (unpaired) electrons. The minimum absolute atomic E-state index is 0.219. The van der Waals surface area contributed by atoms with Crippen molar-refractivity contribution in [3.05, 3.63) is 18.2 Å². The summed E-state index contributed by atoms with van der Waals surface area (Å²) in [5.74, 6) is 1.12. The Morgan fingerprint density at radius 3 is 2.58 bits per heavy atom. The van der Waals surface area contributed by atoms with Crippen LogP contribution in [-0.4, -0.2) is 28.8 Å². The lowest BCUT2D eigenvalue weighted by molar-refractivity contribution is 0.00669. The van der Waals surface area contributed by atoms with E-state index >= 15 is 0 Å². The van der Waals surface area contributed by atoms with Crippen molar-refractivity contribution in [3.63, 3.8) is 0 Å². The molecule has 108 valence electrons. The highest BCUT2D eigenvalue weighted by atomic mass is 32.2. The summed E-state index contributed by atoms with van der Waals surface area (Å²) in [7, 11) is -1.17. The highest BCUT2D eigenvalue weighted by Crippen LogP contribution is 2.23. The normalized spacial score (nSPS) is 13.3. The minimum atomic E-state index is -1.17. The van der Waals surface area contributed by atoms with Crippen LogP contribution in [0.5, 0.6) is 5.75 Å². The van der Waals surface area contributed by atoms with Crippen molar-refractivity contribution in [1.82, 2.24) is 0 Å². The van der Waals surface area contributed by atoms with E-state index in [1.807, 2.05) is 27.7 Å². The fraction of sp³-hybridized carbons (Fsp3) is 0.571. The first-order valence-corrected chi connectivity index (χ1v) is 7.70. The zero-order valence-corrected chi connectivity index (χ0v) is 12.9. The summed E-state index contributed by atoms with van der Waals surface area (Å²) in [5, 5.41) is 0. The van der Waals surface area contributed by atoms with Crippen molar-refractivity contribution in [3.8, 4) is 5.75 Å². The Morgan fingerprint density at radius 1 is 1.32 bits per heavy atom. The van der Waals surface area contributed by atoms with Crippen molar-refractivity contribution in [1.29, 1.82) is 0 Å². The van der Waals surface area contributed by atoms with Gasteiger partial charge in [-0.05, 0) is 45.9 Å². The fourth-order valence-corrected chi connectivity index (χ4v) is 2.53. The summed E-state index contributed by atoms with van der Waals surface area (Å²) in [5.41, 5.74) is 6.16. The number of benzene rings is 1. The molecule has 2 N–H and O–H groups in total. The Hall–Kier alpha value is -1.07. The van der Waals surface area contributed by atoms with Crippen LogP contribution < -0.4 is 10.5 Å². The molecule has 0 spiro atoms. The highest BCUT2D eigenvalue weighted by molar-refractivity contribution is 7.85. The lowest BCUT2D eigenvalue weighted by atomic mass is 10.2. The van der Waals surface area contributed by atoms with Gasteiger partial charge in [0, 0.05) is 5.69 Å². The van der Waals surface area contributed by atoms with Crippen LogP contribution in [0.4, 0.5) is 5.69 Å². The maximum Gasteiger partial charge on any atom is 0.120 e. The van der Waals surface area contributed by atoms with E-state index in [2.05, 4.69) is 0 Å². The molecule has 0 aliphatic rings. The molecule has 1 unspecified atom stereocenters. The van der Waals surface area contributed by atoms with Crippen molar-refractivity contribution >= 4 is 16.5 Å². The van der Waals surface area contributed by atoms with Crippen LogP contribution >= 0.6 is 0 Å². The summed E-state index contributed by atoms with van der Waals surface area (Å²) < 4.78 is 23.2. The highest BCUT2D eigenvalue weighted by Gasteiger charge is 2.13. The van der Waals surface area contributed by atoms with Crippen molar-refractivity contribution in [2.45, 2.75) is 38.2 Å². The zero-order valence-electron chi connectivity index (χ0n) is 12.1. The van der Waals surface area contributed by atoms with Gasteiger partial charge in [-0.1, -0.05) is 0 Å². The van der Waals surface area contributed by atoms with Crippen molar-refractivity contribution in [2.75, 3.05) is 24.7 Å². The topological polar surface area (TPSA) is 61.5 Å². The number of hydrogen-bond donors (Lipinski definition) is 1. The number of rotatable bonds is 6. The Labute approximate surface area is 117 Å². The molecule has 4 nitrogen and oxygen atoms in total. The van der Waals surface area contributed by atoms with E-state index in [9.17, 15) is 4.21 Å². The van der Waals surface area contributed by atoms with Gasteiger partial charge in [0.05, 0.1) is 40.3 Å². The third-order valence-electron chi connectivity index (χ3n) is 2.35. The van der Waals surface area contributed by atoms with Gasteiger partial charge in [0.1, 0.15) is 5.75 Å². The van der Waals surface area contributed by atoms with E-state index in [4.69, 9.17) is 15.2 Å². The third-order valence-corrected chi connectivity index (χ3v) is 3.73. The average molecular weight is 285 g/mol. The third kappa shape index (κ3) is 5.61. The molecule has 0 aromatic heterocycles. The Morgan fingerprint density at radius 2 is 2.00 bits per heavy atom. The number of hydrogen-bond acceptors (Lipinski definition) is 4. The standard InChI is InChI=1S/C14H23NO3S/c1-5-17-11-6-7-12(15)13(10-11)19(16)9-8-18-14(2,3)4/h6-7,10H,5,8-9,15H2,1-4H3. The second-order valence-corrected chi connectivity index (χ2v) is 6.68. The van der Waals surface area contributed by atoms with E-state index < -0.39 is 10.8 Å². The summed E-state index contributed by atoms with van der Waals surface area (Å²) in [6.45, 7) is 8.84. The van der Waals surface area contributed by atoms with Crippen LogP contribution in [0.2, 0.25) is 0 Å². The molecule has 0 saturated carbocycles. The second-order valence-electron chi connectivity index (χ2n) is 5.14. The summed E-state index contributed by atoms with van der Waals surface area (Å²) in [6.07, 6.45) is 0. The maximum atomic E-state index is 12.2. The smallest absolute Gasteiger partial charge is 0.120 e. The molecule has 1 aromatic carbocycles. The summed E-state index contributed by atoms with van der Waals surface area (Å²) in [4.78, 5) is 0.614. The van der Waals surface area contributed by atoms with Gasteiger partial charge in [-0.3, -0.25) is 4.21 Å². The van der Waals surface area contributed by atoms with E-state index in [-0.39, 0.29) is 5.60 Å². The lowest BCUT2D eigenvalue weighted by Crippen LogP contribution is -2.22. The Kier molecular flexibility index (Phi) is 5.82. The van der Waals surface area contributed by atoms with Gasteiger partial charge in [0.25, 0.3) is 0 Å². The molecule has 0 amide bonds. The first kappa shape index (κ1) is 16.0. The summed E-state index contributed by atoms with van der Waals surface area (Å²) >= 11 is 0. The van der Waals surface area contributed by atoms with E-state index in [1.165, 1.54) is 0 Å². The molecule has 0 fully saturated rings. The lowest BCUT2D eigenvalue weighted by Gasteiger charge is -2.19. The molecule has 0 aliphatic carbocycles. The Bertz CT molecular complexity index is 441. The largest absolute Gasteiger partial charge is 0.494 e. The van der Waals surface area contributed by atoms with Gasteiger partial charge in [0.15, 0.2) is 0 Å². The predicted octanol–water partition coefficient (Wildman–Crippen LogP) is 2.59. The monoisotopic (exact) mass is 285 g/mol. The number of nitrogen functional groups attached to an aromatic ring is 1. The number of ether oxygens (including phenoxy) is 2.